The summed E-state index contributed by atoms with van der Waals surface area (Å²) in [5.74, 6) is -0.224. The highest BCUT2D eigenvalue weighted by Crippen LogP contribution is 2.37. The van der Waals surface area contributed by atoms with Gasteiger partial charge in [0.2, 0.25) is 0 Å². The maximum absolute atomic E-state index is 13.5. The minimum atomic E-state index is -0.308. The van der Waals surface area contributed by atoms with Crippen molar-refractivity contribution in [2.45, 2.75) is 43.0 Å². The minimum Gasteiger partial charge on any atom is -0.465 e. The number of esters is 1. The fourth-order valence-electron chi connectivity index (χ4n) is 3.74. The molecule has 5 rings (SSSR count). The van der Waals surface area contributed by atoms with E-state index >= 15 is 0 Å². The molecule has 0 bridgehead atoms. The first-order valence-corrected chi connectivity index (χ1v) is 10.8. The number of thioether (sulfide) groups is 1. The Morgan fingerprint density at radius 1 is 1.22 bits per heavy atom. The van der Waals surface area contributed by atoms with Crippen molar-refractivity contribution in [2.75, 3.05) is 6.61 Å². The van der Waals surface area contributed by atoms with Crippen LogP contribution < -0.4 is 5.56 Å². The van der Waals surface area contributed by atoms with Gasteiger partial charge in [0.25, 0.3) is 5.56 Å². The Balaban J connectivity index is 1.73. The van der Waals surface area contributed by atoms with Crippen LogP contribution in [0.2, 0.25) is 0 Å². The van der Waals surface area contributed by atoms with Crippen LogP contribution in [0.4, 0.5) is 0 Å². The van der Waals surface area contributed by atoms with Gasteiger partial charge in [-0.25, -0.2) is 4.98 Å². The van der Waals surface area contributed by atoms with E-state index in [-0.39, 0.29) is 16.8 Å². The van der Waals surface area contributed by atoms with Gasteiger partial charge in [0, 0.05) is 11.3 Å². The molecule has 1 saturated heterocycles. The third-order valence-corrected chi connectivity index (χ3v) is 7.52. The van der Waals surface area contributed by atoms with Gasteiger partial charge in [0.15, 0.2) is 5.16 Å². The van der Waals surface area contributed by atoms with Gasteiger partial charge in [0.1, 0.15) is 10.1 Å². The van der Waals surface area contributed by atoms with Crippen LogP contribution in [0.1, 0.15) is 28.8 Å². The van der Waals surface area contributed by atoms with Crippen LogP contribution in [0.3, 0.4) is 0 Å². The molecule has 1 fully saturated rings. The molecule has 0 saturated carbocycles. The Kier molecular flexibility index (Phi) is 4.09. The average molecular weight is 399 g/mol. The second kappa shape index (κ2) is 6.49. The lowest BCUT2D eigenvalue weighted by Gasteiger charge is -2.14. The molecule has 7 heteroatoms. The van der Waals surface area contributed by atoms with E-state index in [0.29, 0.717) is 18.2 Å². The molecule has 0 amide bonds. The van der Waals surface area contributed by atoms with Crippen molar-refractivity contribution in [3.8, 4) is 5.69 Å². The number of cyclic esters (lactones) is 1. The number of nitrogens with zero attached hydrogens (tertiary/aromatic N) is 2. The zero-order valence-corrected chi connectivity index (χ0v) is 16.5. The predicted octanol–water partition coefficient (Wildman–Crippen LogP) is 3.65. The molecule has 5 nitrogen and oxygen atoms in total. The Morgan fingerprint density at radius 2 is 2.04 bits per heavy atom. The molecule has 1 aromatic carbocycles. The zero-order chi connectivity index (χ0) is 18.5. The number of carbonyl (C=O) groups is 1. The average Bonchev–Trinajstić information content (AvgIpc) is 3.33. The quantitative estimate of drug-likeness (QED) is 0.498. The number of benzene rings is 1. The first kappa shape index (κ1) is 17.0. The summed E-state index contributed by atoms with van der Waals surface area (Å²) in [4.78, 5) is 32.4. The van der Waals surface area contributed by atoms with Crippen molar-refractivity contribution < 1.29 is 9.53 Å². The zero-order valence-electron chi connectivity index (χ0n) is 14.9. The molecule has 0 unspecified atom stereocenters. The van der Waals surface area contributed by atoms with E-state index in [2.05, 4.69) is 0 Å². The maximum Gasteiger partial charge on any atom is 0.319 e. The molecule has 1 atom stereocenters. The van der Waals surface area contributed by atoms with E-state index in [1.165, 1.54) is 22.2 Å². The standard InChI is InChI=1S/C20H18N2O3S2/c1-11-5-7-12(8-6-11)22-18(23)16-13-3-2-4-14(13)26-17(16)21-20(22)27-15-9-10-25-19(15)24/h5-8,15H,2-4,9-10H2,1H3/t15-/m0/s1. The first-order valence-electron chi connectivity index (χ1n) is 9.09. The number of fused-ring (bicyclic) bond motifs is 3. The molecule has 0 spiro atoms. The SMILES string of the molecule is Cc1ccc(-n2c(S[C@H]3CCOC3=O)nc3sc4c(c3c2=O)CCC4)cc1. The molecule has 27 heavy (non-hydrogen) atoms. The predicted molar refractivity (Wildman–Crippen MR) is 107 cm³/mol. The summed E-state index contributed by atoms with van der Waals surface area (Å²) < 4.78 is 6.76. The largest absolute Gasteiger partial charge is 0.465 e. The van der Waals surface area contributed by atoms with E-state index in [4.69, 9.17) is 9.72 Å². The fraction of sp³-hybridized carbons (Fsp3) is 0.350. The second-order valence-electron chi connectivity index (χ2n) is 6.97. The third-order valence-electron chi connectivity index (χ3n) is 5.14. The minimum absolute atomic E-state index is 0.0304. The Labute approximate surface area is 164 Å². The number of hydrogen-bond acceptors (Lipinski definition) is 6. The van der Waals surface area contributed by atoms with Gasteiger partial charge >= 0.3 is 5.97 Å². The van der Waals surface area contributed by atoms with E-state index in [9.17, 15) is 9.59 Å². The molecule has 1 aliphatic carbocycles. The van der Waals surface area contributed by atoms with Crippen LogP contribution in [0.15, 0.2) is 34.2 Å². The van der Waals surface area contributed by atoms with Gasteiger partial charge < -0.3 is 4.74 Å². The number of hydrogen-bond donors (Lipinski definition) is 0. The molecule has 3 aromatic rings. The van der Waals surface area contributed by atoms with Crippen LogP contribution >= 0.6 is 23.1 Å². The summed E-state index contributed by atoms with van der Waals surface area (Å²) in [7, 11) is 0. The summed E-state index contributed by atoms with van der Waals surface area (Å²) in [6, 6.07) is 7.85. The lowest BCUT2D eigenvalue weighted by molar-refractivity contribution is -0.137. The molecule has 138 valence electrons. The van der Waals surface area contributed by atoms with Crippen molar-refractivity contribution in [1.82, 2.24) is 9.55 Å². The summed E-state index contributed by atoms with van der Waals surface area (Å²) >= 11 is 2.96. The van der Waals surface area contributed by atoms with Crippen LogP contribution in [0, 0.1) is 6.92 Å². The normalized spacial score (nSPS) is 18.9. The lowest BCUT2D eigenvalue weighted by Crippen LogP contribution is -2.23. The number of rotatable bonds is 3. The Bertz CT molecular complexity index is 1110. The van der Waals surface area contributed by atoms with Gasteiger partial charge in [-0.2, -0.15) is 0 Å². The summed E-state index contributed by atoms with van der Waals surface area (Å²) in [6.07, 6.45) is 3.72. The number of thiophene rings is 1. The highest BCUT2D eigenvalue weighted by molar-refractivity contribution is 8.00. The number of aromatic nitrogens is 2. The van der Waals surface area contributed by atoms with Crippen molar-refractivity contribution in [1.29, 1.82) is 0 Å². The van der Waals surface area contributed by atoms with E-state index < -0.39 is 0 Å². The van der Waals surface area contributed by atoms with Crippen LogP contribution in [0.25, 0.3) is 15.9 Å². The monoisotopic (exact) mass is 398 g/mol. The topological polar surface area (TPSA) is 61.2 Å². The molecule has 0 N–H and O–H groups in total. The van der Waals surface area contributed by atoms with E-state index in [0.717, 1.165) is 40.7 Å². The van der Waals surface area contributed by atoms with Crippen LogP contribution in [-0.2, 0) is 22.4 Å². The molecule has 1 aliphatic heterocycles. The first-order chi connectivity index (χ1) is 13.1. The van der Waals surface area contributed by atoms with Gasteiger partial charge in [-0.1, -0.05) is 29.5 Å². The third kappa shape index (κ3) is 2.80. The van der Waals surface area contributed by atoms with Gasteiger partial charge in [0.05, 0.1) is 17.7 Å². The van der Waals surface area contributed by atoms with Crippen molar-refractivity contribution >= 4 is 39.3 Å². The highest BCUT2D eigenvalue weighted by atomic mass is 32.2. The van der Waals surface area contributed by atoms with Crippen molar-refractivity contribution in [2.24, 2.45) is 0 Å². The number of ether oxygens (including phenoxy) is 1. The molecular formula is C20H18N2O3S2. The maximum atomic E-state index is 13.5. The Hall–Kier alpha value is -2.12. The molecule has 3 heterocycles. The fourth-order valence-corrected chi connectivity index (χ4v) is 6.12. The molecule has 0 radical (unpaired) electrons. The number of aryl methyl sites for hydroxylation is 3. The lowest BCUT2D eigenvalue weighted by atomic mass is 10.2. The van der Waals surface area contributed by atoms with Crippen LogP contribution in [0.5, 0.6) is 0 Å². The second-order valence-corrected chi connectivity index (χ2v) is 9.22. The van der Waals surface area contributed by atoms with Gasteiger partial charge in [-0.05, 0) is 43.9 Å². The van der Waals surface area contributed by atoms with Gasteiger partial charge in [-0.3, -0.25) is 14.2 Å². The smallest absolute Gasteiger partial charge is 0.319 e. The highest BCUT2D eigenvalue weighted by Gasteiger charge is 2.31. The number of carbonyl (C=O) groups excluding carboxylic acids is 1. The van der Waals surface area contributed by atoms with Crippen LogP contribution in [-0.4, -0.2) is 27.4 Å². The van der Waals surface area contributed by atoms with E-state index in [1.54, 1.807) is 15.9 Å². The van der Waals surface area contributed by atoms with E-state index in [1.807, 2.05) is 31.2 Å². The molecular weight excluding hydrogens is 380 g/mol. The van der Waals surface area contributed by atoms with Gasteiger partial charge in [-0.15, -0.1) is 11.3 Å². The summed E-state index contributed by atoms with van der Waals surface area (Å²) in [5, 5.41) is 1.02. The molecule has 2 aliphatic rings. The van der Waals surface area contributed by atoms with Crippen molar-refractivity contribution in [3.05, 3.63) is 50.6 Å². The summed E-state index contributed by atoms with van der Waals surface area (Å²) in [5.41, 5.74) is 3.06. The van der Waals surface area contributed by atoms with Crippen molar-refractivity contribution in [3.63, 3.8) is 0 Å². The Morgan fingerprint density at radius 3 is 2.78 bits per heavy atom. The summed E-state index contributed by atoms with van der Waals surface area (Å²) in [6.45, 7) is 2.45. The molecule has 2 aromatic heterocycles.